The van der Waals surface area contributed by atoms with Crippen LogP contribution in [0.5, 0.6) is 11.5 Å². The van der Waals surface area contributed by atoms with E-state index in [1.807, 2.05) is 25.1 Å². The molecule has 1 aromatic carbocycles. The van der Waals surface area contributed by atoms with Gasteiger partial charge in [0.15, 0.2) is 11.5 Å². The number of thioether (sulfide) groups is 1. The quantitative estimate of drug-likeness (QED) is 0.839. The fraction of sp³-hybridized carbons (Fsp3) is 0.500. The fourth-order valence-electron chi connectivity index (χ4n) is 1.99. The summed E-state index contributed by atoms with van der Waals surface area (Å²) < 4.78 is 10.9. The van der Waals surface area contributed by atoms with Crippen molar-refractivity contribution in [1.29, 1.82) is 0 Å². The van der Waals surface area contributed by atoms with Gasteiger partial charge in [0.1, 0.15) is 6.04 Å². The Balaban J connectivity index is 2.14. The van der Waals surface area contributed by atoms with E-state index in [0.717, 1.165) is 12.0 Å². The van der Waals surface area contributed by atoms with Crippen LogP contribution in [0.3, 0.4) is 0 Å². The minimum absolute atomic E-state index is 0.0222. The predicted octanol–water partition coefficient (Wildman–Crippen LogP) is 2.27. The molecular formula is C14H19NO4S. The molecule has 2 atom stereocenters. The maximum absolute atomic E-state index is 11.0. The molecule has 110 valence electrons. The highest BCUT2D eigenvalue weighted by Gasteiger charge is 2.30. The minimum atomic E-state index is -0.809. The van der Waals surface area contributed by atoms with E-state index in [9.17, 15) is 4.79 Å². The number of carboxylic acid groups (broad SMARTS) is 1. The van der Waals surface area contributed by atoms with E-state index in [4.69, 9.17) is 14.6 Å². The van der Waals surface area contributed by atoms with E-state index in [1.165, 1.54) is 0 Å². The van der Waals surface area contributed by atoms with E-state index in [1.54, 1.807) is 18.9 Å². The molecule has 2 rings (SSSR count). The third kappa shape index (κ3) is 3.37. The highest BCUT2D eigenvalue weighted by Crippen LogP contribution is 2.37. The Morgan fingerprint density at radius 1 is 1.50 bits per heavy atom. The molecule has 1 saturated heterocycles. The number of nitrogens with one attached hydrogen (secondary N) is 1. The lowest BCUT2D eigenvalue weighted by molar-refractivity contribution is -0.138. The molecule has 2 unspecified atom stereocenters. The molecule has 0 aromatic heterocycles. The highest BCUT2D eigenvalue weighted by molar-refractivity contribution is 7.99. The SMILES string of the molecule is CCCOc1cc(C2NC(C(=O)O)CS2)ccc1OC. The zero-order chi connectivity index (χ0) is 14.5. The number of rotatable bonds is 6. The number of ether oxygens (including phenoxy) is 2. The van der Waals surface area contributed by atoms with E-state index in [2.05, 4.69) is 5.32 Å². The second-order valence-electron chi connectivity index (χ2n) is 4.53. The van der Waals surface area contributed by atoms with Gasteiger partial charge < -0.3 is 14.6 Å². The van der Waals surface area contributed by atoms with Gasteiger partial charge in [0.05, 0.1) is 19.1 Å². The number of aliphatic carboxylic acids is 1. The van der Waals surface area contributed by atoms with Gasteiger partial charge in [-0.3, -0.25) is 10.1 Å². The maximum atomic E-state index is 11.0. The van der Waals surface area contributed by atoms with Crippen molar-refractivity contribution in [2.24, 2.45) is 0 Å². The molecule has 1 heterocycles. The van der Waals surface area contributed by atoms with Gasteiger partial charge in [-0.15, -0.1) is 11.8 Å². The summed E-state index contributed by atoms with van der Waals surface area (Å²) in [5, 5.41) is 12.1. The number of benzene rings is 1. The summed E-state index contributed by atoms with van der Waals surface area (Å²) in [7, 11) is 1.61. The Kier molecular flexibility index (Phi) is 5.14. The number of carbonyl (C=O) groups is 1. The Labute approximate surface area is 122 Å². The van der Waals surface area contributed by atoms with Crippen molar-refractivity contribution < 1.29 is 19.4 Å². The second-order valence-corrected chi connectivity index (χ2v) is 5.67. The summed E-state index contributed by atoms with van der Waals surface area (Å²) >= 11 is 1.59. The van der Waals surface area contributed by atoms with Gasteiger partial charge >= 0.3 is 5.97 Å². The Hall–Kier alpha value is -1.40. The van der Waals surface area contributed by atoms with Gasteiger partial charge in [-0.2, -0.15) is 0 Å². The lowest BCUT2D eigenvalue weighted by Crippen LogP contribution is -2.33. The summed E-state index contributed by atoms with van der Waals surface area (Å²) in [6.07, 6.45) is 0.922. The van der Waals surface area contributed by atoms with Gasteiger partial charge in [-0.1, -0.05) is 13.0 Å². The molecule has 2 N–H and O–H groups in total. The number of hydrogen-bond donors (Lipinski definition) is 2. The Morgan fingerprint density at radius 2 is 2.30 bits per heavy atom. The topological polar surface area (TPSA) is 67.8 Å². The molecule has 1 fully saturated rings. The predicted molar refractivity (Wildman–Crippen MR) is 78.5 cm³/mol. The van der Waals surface area contributed by atoms with Crippen LogP contribution in [0.2, 0.25) is 0 Å². The zero-order valence-corrected chi connectivity index (χ0v) is 12.4. The van der Waals surface area contributed by atoms with Crippen molar-refractivity contribution >= 4 is 17.7 Å². The lowest BCUT2D eigenvalue weighted by atomic mass is 10.2. The first-order valence-electron chi connectivity index (χ1n) is 6.57. The number of hydrogen-bond acceptors (Lipinski definition) is 5. The summed E-state index contributed by atoms with van der Waals surface area (Å²) in [5.74, 6) is 1.15. The molecule has 20 heavy (non-hydrogen) atoms. The van der Waals surface area contributed by atoms with Crippen LogP contribution in [0, 0.1) is 0 Å². The molecule has 5 nitrogen and oxygen atoms in total. The molecule has 0 aliphatic carbocycles. The third-order valence-electron chi connectivity index (χ3n) is 3.03. The maximum Gasteiger partial charge on any atom is 0.321 e. The molecule has 0 spiro atoms. The van der Waals surface area contributed by atoms with Crippen LogP contribution in [0.1, 0.15) is 24.3 Å². The Morgan fingerprint density at radius 3 is 2.90 bits per heavy atom. The number of carboxylic acids is 1. The van der Waals surface area contributed by atoms with Gasteiger partial charge in [0.2, 0.25) is 0 Å². The number of methoxy groups -OCH3 is 1. The van der Waals surface area contributed by atoms with Gasteiger partial charge in [-0.05, 0) is 24.1 Å². The smallest absolute Gasteiger partial charge is 0.321 e. The van der Waals surface area contributed by atoms with Crippen molar-refractivity contribution in [3.8, 4) is 11.5 Å². The second kappa shape index (κ2) is 6.85. The highest BCUT2D eigenvalue weighted by atomic mass is 32.2. The van der Waals surface area contributed by atoms with Crippen LogP contribution in [0.4, 0.5) is 0 Å². The molecule has 0 radical (unpaired) electrons. The molecule has 1 aliphatic heterocycles. The van der Waals surface area contributed by atoms with Crippen molar-refractivity contribution in [1.82, 2.24) is 5.32 Å². The molecule has 0 amide bonds. The molecule has 1 aliphatic rings. The molecule has 0 bridgehead atoms. The minimum Gasteiger partial charge on any atom is -0.493 e. The van der Waals surface area contributed by atoms with Crippen molar-refractivity contribution in [2.75, 3.05) is 19.5 Å². The molecular weight excluding hydrogens is 278 g/mol. The third-order valence-corrected chi connectivity index (χ3v) is 4.30. The van der Waals surface area contributed by atoms with Crippen LogP contribution in [-0.4, -0.2) is 36.6 Å². The van der Waals surface area contributed by atoms with Crippen molar-refractivity contribution in [2.45, 2.75) is 24.8 Å². The summed E-state index contributed by atoms with van der Waals surface area (Å²) in [5.41, 5.74) is 1.01. The van der Waals surface area contributed by atoms with Gasteiger partial charge in [0.25, 0.3) is 0 Å². The van der Waals surface area contributed by atoms with E-state index in [0.29, 0.717) is 23.9 Å². The Bertz CT molecular complexity index is 480. The summed E-state index contributed by atoms with van der Waals surface area (Å²) in [4.78, 5) is 11.0. The zero-order valence-electron chi connectivity index (χ0n) is 11.6. The first kappa shape index (κ1) is 15.0. The van der Waals surface area contributed by atoms with Crippen LogP contribution in [-0.2, 0) is 4.79 Å². The van der Waals surface area contributed by atoms with Crippen LogP contribution in [0.15, 0.2) is 18.2 Å². The van der Waals surface area contributed by atoms with Crippen molar-refractivity contribution in [3.63, 3.8) is 0 Å². The van der Waals surface area contributed by atoms with Crippen LogP contribution >= 0.6 is 11.8 Å². The monoisotopic (exact) mass is 297 g/mol. The summed E-state index contributed by atoms with van der Waals surface area (Å²) in [6, 6.07) is 5.22. The van der Waals surface area contributed by atoms with Gasteiger partial charge in [-0.25, -0.2) is 0 Å². The normalized spacial score (nSPS) is 21.7. The summed E-state index contributed by atoms with van der Waals surface area (Å²) in [6.45, 7) is 2.67. The van der Waals surface area contributed by atoms with Crippen molar-refractivity contribution in [3.05, 3.63) is 23.8 Å². The average Bonchev–Trinajstić information content (AvgIpc) is 2.94. The van der Waals surface area contributed by atoms with Gasteiger partial charge in [0, 0.05) is 5.75 Å². The van der Waals surface area contributed by atoms with Crippen LogP contribution < -0.4 is 14.8 Å². The molecule has 0 saturated carbocycles. The van der Waals surface area contributed by atoms with Crippen LogP contribution in [0.25, 0.3) is 0 Å². The fourth-order valence-corrected chi connectivity index (χ4v) is 3.21. The standard InChI is InChI=1S/C14H19NO4S/c1-3-6-19-12-7-9(4-5-11(12)18-2)13-15-10(8-20-13)14(16)17/h4-5,7,10,13,15H,3,6,8H2,1-2H3,(H,16,17). The first-order chi connectivity index (χ1) is 9.65. The lowest BCUT2D eigenvalue weighted by Gasteiger charge is -2.15. The first-order valence-corrected chi connectivity index (χ1v) is 7.61. The van der Waals surface area contributed by atoms with E-state index >= 15 is 0 Å². The molecule has 6 heteroatoms. The largest absolute Gasteiger partial charge is 0.493 e. The average molecular weight is 297 g/mol. The molecule has 1 aromatic rings. The van der Waals surface area contributed by atoms with E-state index < -0.39 is 12.0 Å². The van der Waals surface area contributed by atoms with E-state index in [-0.39, 0.29) is 5.37 Å².